The first kappa shape index (κ1) is 26.4. The van der Waals surface area contributed by atoms with E-state index in [-0.39, 0.29) is 17.9 Å². The monoisotopic (exact) mass is 492 g/mol. The summed E-state index contributed by atoms with van der Waals surface area (Å²) in [5, 5.41) is 3.95. The summed E-state index contributed by atoms with van der Waals surface area (Å²) < 4.78 is 29.6. The minimum Gasteiger partial charge on any atom is -0.490 e. The van der Waals surface area contributed by atoms with Crippen molar-refractivity contribution < 1.29 is 28.2 Å². The maximum absolute atomic E-state index is 13.1. The van der Waals surface area contributed by atoms with Gasteiger partial charge in [-0.3, -0.25) is 4.79 Å². The zero-order valence-electron chi connectivity index (χ0n) is 20.5. The first-order valence-corrected chi connectivity index (χ1v) is 11.7. The molecule has 1 amide bonds. The Bertz CT molecular complexity index is 1190. The number of hydrogen-bond acceptors (Lipinski definition) is 6. The number of ether oxygens (including phenoxy) is 3. The molecule has 188 valence electrons. The number of halogens is 1. The highest BCUT2D eigenvalue weighted by atomic mass is 19.1. The van der Waals surface area contributed by atoms with Gasteiger partial charge in [0, 0.05) is 0 Å². The standard InChI is InChI=1S/C28H29FN2O5/c1-4-19(3)21-9-13-24(14-10-21)35-18-27(32)31-30-17-20-6-15-25(26(16-20)34-5-2)36-28(33)22-7-11-23(29)12-8-22/h6-17,19H,4-5,18H2,1-3H3,(H,31,32)/b30-17+. The van der Waals surface area contributed by atoms with Crippen molar-refractivity contribution in [3.63, 3.8) is 0 Å². The van der Waals surface area contributed by atoms with Gasteiger partial charge in [0.1, 0.15) is 11.6 Å². The van der Waals surface area contributed by atoms with Crippen LogP contribution in [-0.4, -0.2) is 31.3 Å². The van der Waals surface area contributed by atoms with Gasteiger partial charge in [-0.25, -0.2) is 14.6 Å². The van der Waals surface area contributed by atoms with Crippen molar-refractivity contribution in [1.82, 2.24) is 5.43 Å². The Labute approximate surface area is 209 Å². The number of nitrogens with zero attached hydrogens (tertiary/aromatic N) is 1. The van der Waals surface area contributed by atoms with Crippen molar-refractivity contribution in [2.75, 3.05) is 13.2 Å². The number of hydrazone groups is 1. The number of amides is 1. The molecule has 0 aliphatic carbocycles. The van der Waals surface area contributed by atoms with Gasteiger partial charge >= 0.3 is 5.97 Å². The maximum Gasteiger partial charge on any atom is 0.343 e. The number of nitrogens with one attached hydrogen (secondary N) is 1. The molecular formula is C28H29FN2O5. The molecule has 0 saturated heterocycles. The fraction of sp³-hybridized carbons (Fsp3) is 0.250. The third-order valence-corrected chi connectivity index (χ3v) is 5.38. The molecule has 36 heavy (non-hydrogen) atoms. The summed E-state index contributed by atoms with van der Waals surface area (Å²) >= 11 is 0. The number of esters is 1. The second kappa shape index (κ2) is 13.0. The van der Waals surface area contributed by atoms with E-state index in [1.165, 1.54) is 36.0 Å². The fourth-order valence-electron chi connectivity index (χ4n) is 3.19. The summed E-state index contributed by atoms with van der Waals surface area (Å²) in [5.41, 5.74) is 4.46. The molecule has 0 radical (unpaired) electrons. The van der Waals surface area contributed by atoms with Crippen molar-refractivity contribution in [2.24, 2.45) is 5.10 Å². The van der Waals surface area contributed by atoms with Crippen molar-refractivity contribution in [3.05, 3.63) is 89.2 Å². The summed E-state index contributed by atoms with van der Waals surface area (Å²) in [6.07, 6.45) is 2.49. The minimum absolute atomic E-state index is 0.178. The SMILES string of the molecule is CCOc1cc(/C=N/NC(=O)COc2ccc(C(C)CC)cc2)ccc1OC(=O)c1ccc(F)cc1. The van der Waals surface area contributed by atoms with E-state index in [1.807, 2.05) is 24.3 Å². The molecule has 0 fully saturated rings. The molecular weight excluding hydrogens is 463 g/mol. The third-order valence-electron chi connectivity index (χ3n) is 5.38. The van der Waals surface area contributed by atoms with Crippen LogP contribution >= 0.6 is 0 Å². The quantitative estimate of drug-likeness (QED) is 0.166. The van der Waals surface area contributed by atoms with Crippen molar-refractivity contribution in [2.45, 2.75) is 33.1 Å². The predicted molar refractivity (Wildman–Crippen MR) is 135 cm³/mol. The van der Waals surface area contributed by atoms with Gasteiger partial charge < -0.3 is 14.2 Å². The van der Waals surface area contributed by atoms with Gasteiger partial charge in [-0.05, 0) is 85.0 Å². The van der Waals surface area contributed by atoms with Crippen LogP contribution in [-0.2, 0) is 4.79 Å². The van der Waals surface area contributed by atoms with Crippen LogP contribution in [0.15, 0.2) is 71.8 Å². The van der Waals surface area contributed by atoms with Crippen LogP contribution in [0.5, 0.6) is 17.2 Å². The fourth-order valence-corrected chi connectivity index (χ4v) is 3.19. The number of carbonyl (C=O) groups is 2. The van der Waals surface area contributed by atoms with E-state index in [2.05, 4.69) is 24.4 Å². The molecule has 1 N–H and O–H groups in total. The summed E-state index contributed by atoms with van der Waals surface area (Å²) in [5.74, 6) is 0.113. The maximum atomic E-state index is 13.1. The third kappa shape index (κ3) is 7.66. The van der Waals surface area contributed by atoms with Crippen LogP contribution in [0.2, 0.25) is 0 Å². The average molecular weight is 493 g/mol. The number of carbonyl (C=O) groups excluding carboxylic acids is 2. The minimum atomic E-state index is -0.640. The number of hydrogen-bond donors (Lipinski definition) is 1. The van der Waals surface area contributed by atoms with Gasteiger partial charge in [0.05, 0.1) is 18.4 Å². The highest BCUT2D eigenvalue weighted by Gasteiger charge is 2.13. The molecule has 0 spiro atoms. The Morgan fingerprint density at radius 3 is 2.36 bits per heavy atom. The lowest BCUT2D eigenvalue weighted by Crippen LogP contribution is -2.24. The summed E-state index contributed by atoms with van der Waals surface area (Å²) in [7, 11) is 0. The van der Waals surface area contributed by atoms with Crippen molar-refractivity contribution >= 4 is 18.1 Å². The summed E-state index contributed by atoms with van der Waals surface area (Å²) in [4.78, 5) is 24.4. The van der Waals surface area contributed by atoms with Gasteiger partial charge in [-0.2, -0.15) is 5.10 Å². The van der Waals surface area contributed by atoms with Gasteiger partial charge in [0.25, 0.3) is 5.91 Å². The van der Waals surface area contributed by atoms with Crippen LogP contribution in [0.4, 0.5) is 4.39 Å². The van der Waals surface area contributed by atoms with Gasteiger partial charge in [0.2, 0.25) is 0 Å². The lowest BCUT2D eigenvalue weighted by Gasteiger charge is -2.11. The Morgan fingerprint density at radius 1 is 0.972 bits per heavy atom. The molecule has 0 aliphatic heterocycles. The first-order chi connectivity index (χ1) is 17.4. The van der Waals surface area contributed by atoms with Crippen LogP contribution in [0, 0.1) is 5.82 Å². The molecule has 0 heterocycles. The van der Waals surface area contributed by atoms with E-state index in [9.17, 15) is 14.0 Å². The van der Waals surface area contributed by atoms with Gasteiger partial charge in [0.15, 0.2) is 18.1 Å². The van der Waals surface area contributed by atoms with Crippen LogP contribution in [0.3, 0.4) is 0 Å². The highest BCUT2D eigenvalue weighted by molar-refractivity contribution is 5.91. The second-order valence-electron chi connectivity index (χ2n) is 8.00. The molecule has 3 rings (SSSR count). The zero-order chi connectivity index (χ0) is 25.9. The summed E-state index contributed by atoms with van der Waals surface area (Å²) in [6.45, 7) is 6.25. The smallest absolute Gasteiger partial charge is 0.343 e. The molecule has 8 heteroatoms. The molecule has 3 aromatic carbocycles. The molecule has 1 unspecified atom stereocenters. The predicted octanol–water partition coefficient (Wildman–Crippen LogP) is 5.49. The van der Waals surface area contributed by atoms with E-state index in [1.54, 1.807) is 25.1 Å². The Balaban J connectivity index is 1.55. The first-order valence-electron chi connectivity index (χ1n) is 11.7. The van der Waals surface area contributed by atoms with E-state index < -0.39 is 17.7 Å². The Morgan fingerprint density at radius 2 is 1.69 bits per heavy atom. The molecule has 0 saturated carbocycles. The van der Waals surface area contributed by atoms with Gasteiger partial charge in [-0.1, -0.05) is 26.0 Å². The lowest BCUT2D eigenvalue weighted by atomic mass is 9.99. The van der Waals surface area contributed by atoms with Crippen molar-refractivity contribution in [1.29, 1.82) is 0 Å². The molecule has 0 bridgehead atoms. The zero-order valence-corrected chi connectivity index (χ0v) is 20.5. The molecule has 3 aromatic rings. The average Bonchev–Trinajstić information content (AvgIpc) is 2.89. The largest absolute Gasteiger partial charge is 0.490 e. The molecule has 0 aromatic heterocycles. The summed E-state index contributed by atoms with van der Waals surface area (Å²) in [6, 6.07) is 17.6. The Hall–Kier alpha value is -4.20. The lowest BCUT2D eigenvalue weighted by molar-refractivity contribution is -0.123. The van der Waals surface area contributed by atoms with Crippen LogP contribution < -0.4 is 19.6 Å². The van der Waals surface area contributed by atoms with Gasteiger partial charge in [-0.15, -0.1) is 0 Å². The van der Waals surface area contributed by atoms with Crippen LogP contribution in [0.1, 0.15) is 54.6 Å². The number of benzene rings is 3. The van der Waals surface area contributed by atoms with E-state index in [0.29, 0.717) is 29.6 Å². The second-order valence-corrected chi connectivity index (χ2v) is 8.00. The van der Waals surface area contributed by atoms with Crippen LogP contribution in [0.25, 0.3) is 0 Å². The molecule has 7 nitrogen and oxygen atoms in total. The highest BCUT2D eigenvalue weighted by Crippen LogP contribution is 2.29. The van der Waals surface area contributed by atoms with E-state index in [0.717, 1.165) is 6.42 Å². The topological polar surface area (TPSA) is 86.2 Å². The van der Waals surface area contributed by atoms with E-state index in [4.69, 9.17) is 14.2 Å². The normalized spacial score (nSPS) is 11.7. The van der Waals surface area contributed by atoms with Crippen molar-refractivity contribution in [3.8, 4) is 17.2 Å². The van der Waals surface area contributed by atoms with E-state index >= 15 is 0 Å². The Kier molecular flexibility index (Phi) is 9.56. The molecule has 1 atom stereocenters. The molecule has 0 aliphatic rings. The number of rotatable bonds is 11.